The van der Waals surface area contributed by atoms with E-state index in [1.54, 1.807) is 0 Å². The van der Waals surface area contributed by atoms with Crippen LogP contribution in [0.1, 0.15) is 78.1 Å². The molecule has 3 aliphatic rings. The molecule has 2 nitrogen and oxygen atoms in total. The highest BCUT2D eigenvalue weighted by atomic mass is 19.4. The number of alkyl halides is 6. The molecule has 2 unspecified atom stereocenters. The van der Waals surface area contributed by atoms with Crippen LogP contribution in [0.3, 0.4) is 0 Å². The first-order valence-electron chi connectivity index (χ1n) is 12.3. The molecule has 0 aromatic carbocycles. The number of aliphatic hydroxyl groups excluding tert-OH is 1. The summed E-state index contributed by atoms with van der Waals surface area (Å²) in [5.74, 6) is 0.424. The highest BCUT2D eigenvalue weighted by Gasteiger charge is 2.68. The highest BCUT2D eigenvalue weighted by Crippen LogP contribution is 2.60. The average molecular weight is 495 g/mol. The van der Waals surface area contributed by atoms with Gasteiger partial charge in [0.2, 0.25) is 0 Å². The van der Waals surface area contributed by atoms with Crippen LogP contribution in [0.25, 0.3) is 0 Å². The van der Waals surface area contributed by atoms with Gasteiger partial charge >= 0.3 is 12.4 Å². The van der Waals surface area contributed by atoms with Gasteiger partial charge in [0.25, 0.3) is 5.60 Å². The van der Waals surface area contributed by atoms with Gasteiger partial charge in [0.1, 0.15) is 0 Å². The van der Waals surface area contributed by atoms with E-state index in [4.69, 9.17) is 0 Å². The molecule has 3 saturated carbocycles. The quantitative estimate of drug-likeness (QED) is 0.308. The van der Waals surface area contributed by atoms with Gasteiger partial charge in [0, 0.05) is 0 Å². The third-order valence-electron chi connectivity index (χ3n) is 8.52. The van der Waals surface area contributed by atoms with Crippen LogP contribution < -0.4 is 0 Å². The molecule has 0 spiro atoms. The topological polar surface area (TPSA) is 40.5 Å². The average Bonchev–Trinajstić information content (AvgIpc) is 3.08. The molecule has 0 bridgehead atoms. The minimum Gasteiger partial charge on any atom is -0.393 e. The molecular formula is C26H36F6O2. The van der Waals surface area contributed by atoms with E-state index in [-0.39, 0.29) is 35.9 Å². The molecule has 34 heavy (non-hydrogen) atoms. The molecule has 5 atom stereocenters. The molecule has 2 N–H and O–H groups in total. The van der Waals surface area contributed by atoms with E-state index >= 15 is 0 Å². The first kappa shape index (κ1) is 27.3. The maximum absolute atomic E-state index is 12.9. The normalized spacial score (nSPS) is 34.7. The third-order valence-corrected chi connectivity index (χ3v) is 8.52. The van der Waals surface area contributed by atoms with E-state index in [2.05, 4.69) is 19.1 Å². The van der Waals surface area contributed by atoms with E-state index in [0.717, 1.165) is 57.4 Å². The maximum Gasteiger partial charge on any atom is 0.429 e. The van der Waals surface area contributed by atoms with Crippen molar-refractivity contribution in [3.05, 3.63) is 35.5 Å². The highest BCUT2D eigenvalue weighted by molar-refractivity contribution is 5.26. The van der Waals surface area contributed by atoms with Crippen molar-refractivity contribution in [2.75, 3.05) is 0 Å². The zero-order chi connectivity index (χ0) is 25.4. The van der Waals surface area contributed by atoms with Crippen molar-refractivity contribution in [1.82, 2.24) is 0 Å². The van der Waals surface area contributed by atoms with E-state index < -0.39 is 18.0 Å². The van der Waals surface area contributed by atoms with E-state index in [1.165, 1.54) is 11.1 Å². The number of hydrogen-bond donors (Lipinski definition) is 2. The molecule has 3 aliphatic carbocycles. The monoisotopic (exact) mass is 494 g/mol. The Morgan fingerprint density at radius 2 is 1.68 bits per heavy atom. The Morgan fingerprint density at radius 3 is 2.29 bits per heavy atom. The molecule has 0 aliphatic heterocycles. The van der Waals surface area contributed by atoms with Gasteiger partial charge in [-0.1, -0.05) is 43.2 Å². The van der Waals surface area contributed by atoms with Crippen LogP contribution in [-0.2, 0) is 0 Å². The van der Waals surface area contributed by atoms with Crippen molar-refractivity contribution in [3.63, 3.8) is 0 Å². The van der Waals surface area contributed by atoms with Crippen molar-refractivity contribution in [2.24, 2.45) is 23.2 Å². The number of aliphatic hydroxyl groups is 2. The fraction of sp³-hybridized carbons (Fsp3) is 0.769. The summed E-state index contributed by atoms with van der Waals surface area (Å²) in [4.78, 5) is 0. The largest absolute Gasteiger partial charge is 0.429 e. The Morgan fingerprint density at radius 1 is 1.00 bits per heavy atom. The molecule has 0 amide bonds. The van der Waals surface area contributed by atoms with Crippen molar-refractivity contribution >= 4 is 0 Å². The lowest BCUT2D eigenvalue weighted by Gasteiger charge is -2.44. The summed E-state index contributed by atoms with van der Waals surface area (Å²) in [6.45, 7) is 4.09. The number of allylic oxidation sites excluding steroid dienone is 4. The van der Waals surface area contributed by atoms with Gasteiger partial charge in [-0.15, -0.1) is 0 Å². The smallest absolute Gasteiger partial charge is 0.393 e. The lowest BCUT2D eigenvalue weighted by atomic mass is 9.61. The maximum atomic E-state index is 12.9. The molecule has 3 rings (SSSR count). The minimum absolute atomic E-state index is 0.0441. The van der Waals surface area contributed by atoms with Crippen molar-refractivity contribution in [3.8, 4) is 0 Å². The number of fused-ring (bicyclic) bond motifs is 1. The van der Waals surface area contributed by atoms with Gasteiger partial charge < -0.3 is 10.2 Å². The van der Waals surface area contributed by atoms with Crippen molar-refractivity contribution in [2.45, 2.75) is 102 Å². The van der Waals surface area contributed by atoms with E-state index in [0.29, 0.717) is 12.3 Å². The number of halogens is 6. The predicted octanol–water partition coefficient (Wildman–Crippen LogP) is 7.43. The van der Waals surface area contributed by atoms with Gasteiger partial charge in [-0.3, -0.25) is 0 Å². The SMILES string of the molecule is C[C@@H](C/C=C\C(O)(C(F)(F)F)C(F)(F)F)C1CCC2/C(=C/C=C3/CCC[C@H](O)C3)CCC[C@@]21C. The van der Waals surface area contributed by atoms with Gasteiger partial charge in [-0.05, 0) is 93.5 Å². The fourth-order valence-corrected chi connectivity index (χ4v) is 6.63. The second kappa shape index (κ2) is 10.00. The van der Waals surface area contributed by atoms with Gasteiger partial charge in [0.15, 0.2) is 0 Å². The molecule has 8 heteroatoms. The van der Waals surface area contributed by atoms with Crippen LogP contribution in [0.15, 0.2) is 35.5 Å². The van der Waals surface area contributed by atoms with Crippen LogP contribution in [0.2, 0.25) is 0 Å². The van der Waals surface area contributed by atoms with E-state index in [1.807, 2.05) is 6.92 Å². The fourth-order valence-electron chi connectivity index (χ4n) is 6.63. The molecule has 0 radical (unpaired) electrons. The Balaban J connectivity index is 1.71. The molecule has 0 heterocycles. The van der Waals surface area contributed by atoms with Gasteiger partial charge in [0.05, 0.1) is 6.10 Å². The van der Waals surface area contributed by atoms with Crippen LogP contribution in [0.5, 0.6) is 0 Å². The first-order valence-corrected chi connectivity index (χ1v) is 12.3. The predicted molar refractivity (Wildman–Crippen MR) is 119 cm³/mol. The Hall–Kier alpha value is -1.28. The van der Waals surface area contributed by atoms with Gasteiger partial charge in [-0.25, -0.2) is 0 Å². The lowest BCUT2D eigenvalue weighted by Crippen LogP contribution is -2.55. The molecule has 0 aromatic rings. The molecular weight excluding hydrogens is 458 g/mol. The van der Waals surface area contributed by atoms with Crippen LogP contribution in [0.4, 0.5) is 26.3 Å². The van der Waals surface area contributed by atoms with Crippen molar-refractivity contribution < 1.29 is 36.6 Å². The Kier molecular flexibility index (Phi) is 8.03. The molecule has 0 aromatic heterocycles. The molecule has 194 valence electrons. The third kappa shape index (κ3) is 5.43. The summed E-state index contributed by atoms with van der Waals surface area (Å²) >= 11 is 0. The summed E-state index contributed by atoms with van der Waals surface area (Å²) < 4.78 is 77.6. The Bertz CT molecular complexity index is 795. The molecule has 3 fully saturated rings. The summed E-state index contributed by atoms with van der Waals surface area (Å²) in [5, 5.41) is 19.3. The summed E-state index contributed by atoms with van der Waals surface area (Å²) in [5.41, 5.74) is -2.25. The zero-order valence-corrected chi connectivity index (χ0v) is 19.9. The second-order valence-electron chi connectivity index (χ2n) is 10.8. The van der Waals surface area contributed by atoms with Crippen LogP contribution >= 0.6 is 0 Å². The minimum atomic E-state index is -5.83. The number of hydrogen-bond acceptors (Lipinski definition) is 2. The summed E-state index contributed by atoms with van der Waals surface area (Å²) in [6.07, 6.45) is 1.54. The van der Waals surface area contributed by atoms with E-state index in [9.17, 15) is 36.6 Å². The summed E-state index contributed by atoms with van der Waals surface area (Å²) in [6, 6.07) is 0. The standard InChI is InChI=1S/C26H36F6O2/c1-17(6-4-15-24(34,25(27,28)29)26(30,31)32)21-12-13-22-19(8-5-14-23(21,22)2)11-10-18-7-3-9-20(33)16-18/h4,10-11,15,17,20-22,33-34H,3,5-9,12-14,16H2,1-2H3/b15-4-,18-10-,19-11+/t17-,20-,21?,22?,23+/m0/s1. The first-order chi connectivity index (χ1) is 15.7. The second-order valence-corrected chi connectivity index (χ2v) is 10.8. The van der Waals surface area contributed by atoms with Crippen LogP contribution in [-0.4, -0.2) is 34.3 Å². The summed E-state index contributed by atoms with van der Waals surface area (Å²) in [7, 11) is 0. The Labute approximate surface area is 197 Å². The van der Waals surface area contributed by atoms with Crippen LogP contribution in [0, 0.1) is 23.2 Å². The molecule has 0 saturated heterocycles. The number of rotatable bonds is 5. The van der Waals surface area contributed by atoms with Gasteiger partial charge in [-0.2, -0.15) is 26.3 Å². The lowest BCUT2D eigenvalue weighted by molar-refractivity contribution is -0.347. The van der Waals surface area contributed by atoms with Crippen molar-refractivity contribution in [1.29, 1.82) is 0 Å². The zero-order valence-electron chi connectivity index (χ0n) is 19.9.